The van der Waals surface area contributed by atoms with Gasteiger partial charge in [0.2, 0.25) is 0 Å². The Bertz CT molecular complexity index is 768. The van der Waals surface area contributed by atoms with Gasteiger partial charge in [0.15, 0.2) is 11.4 Å². The zero-order chi connectivity index (χ0) is 18.0. The lowest BCUT2D eigenvalue weighted by Crippen LogP contribution is -2.46. The van der Waals surface area contributed by atoms with Crippen LogP contribution in [0.15, 0.2) is 24.3 Å². The number of carbonyl (C=O) groups excluding carboxylic acids is 1. The van der Waals surface area contributed by atoms with Crippen molar-refractivity contribution in [2.24, 2.45) is 0 Å². The van der Waals surface area contributed by atoms with Gasteiger partial charge in [-0.15, -0.1) is 5.10 Å². The van der Waals surface area contributed by atoms with E-state index in [2.05, 4.69) is 20.9 Å². The van der Waals surface area contributed by atoms with Crippen molar-refractivity contribution in [3.05, 3.63) is 41.5 Å². The lowest BCUT2D eigenvalue weighted by molar-refractivity contribution is -0.143. The molecule has 0 radical (unpaired) electrons. The highest BCUT2D eigenvalue weighted by atomic mass is 19.4. The number of amides is 1. The first-order valence-corrected chi connectivity index (χ1v) is 7.66. The summed E-state index contributed by atoms with van der Waals surface area (Å²) < 4.78 is 54.2. The van der Waals surface area contributed by atoms with E-state index in [0.717, 1.165) is 25.1 Å². The van der Waals surface area contributed by atoms with E-state index in [4.69, 9.17) is 0 Å². The molecular formula is C15H15F4N5O. The van der Waals surface area contributed by atoms with Gasteiger partial charge in [0.1, 0.15) is 5.82 Å². The Balaban J connectivity index is 1.95. The molecule has 1 aliphatic heterocycles. The van der Waals surface area contributed by atoms with Crippen molar-refractivity contribution in [2.75, 3.05) is 13.1 Å². The van der Waals surface area contributed by atoms with E-state index in [-0.39, 0.29) is 11.7 Å². The third kappa shape index (κ3) is 3.78. The summed E-state index contributed by atoms with van der Waals surface area (Å²) in [4.78, 5) is 12.3. The lowest BCUT2D eigenvalue weighted by Gasteiger charge is -2.23. The Kier molecular flexibility index (Phi) is 4.71. The molecule has 2 aromatic rings. The molecule has 1 fully saturated rings. The summed E-state index contributed by atoms with van der Waals surface area (Å²) in [5.74, 6) is -1.68. The molecule has 10 heteroatoms. The number of nitrogens with one attached hydrogen (secondary N) is 2. The number of rotatable bonds is 3. The summed E-state index contributed by atoms with van der Waals surface area (Å²) in [5, 5.41) is 12.4. The summed E-state index contributed by atoms with van der Waals surface area (Å²) >= 11 is 0. The Labute approximate surface area is 140 Å². The molecule has 134 valence electrons. The topological polar surface area (TPSA) is 71.8 Å². The summed E-state index contributed by atoms with van der Waals surface area (Å²) in [5.41, 5.74) is -2.33. The molecule has 2 heterocycles. The number of nitrogens with zero attached hydrogens (tertiary/aromatic N) is 3. The highest BCUT2D eigenvalue weighted by Gasteiger charge is 2.42. The van der Waals surface area contributed by atoms with Crippen molar-refractivity contribution >= 4 is 5.91 Å². The first-order chi connectivity index (χ1) is 11.9. The standard InChI is InChI=1S/C15H15F4N5O/c16-9-3-1-5-11(7-9)24-13(15(17,18)19)12(22-23-24)14(25)21-10-4-2-6-20-8-10/h1,3,5,7,10,20H,2,4,6,8H2,(H,21,25)/t10-/m0/s1. The maximum absolute atomic E-state index is 13.5. The molecule has 0 aliphatic carbocycles. The van der Waals surface area contributed by atoms with Crippen LogP contribution < -0.4 is 10.6 Å². The summed E-state index contributed by atoms with van der Waals surface area (Å²) in [7, 11) is 0. The number of piperidine rings is 1. The largest absolute Gasteiger partial charge is 0.435 e. The van der Waals surface area contributed by atoms with Gasteiger partial charge in [-0.25, -0.2) is 9.07 Å². The van der Waals surface area contributed by atoms with E-state index in [1.54, 1.807) is 0 Å². The SMILES string of the molecule is O=C(N[C@H]1CCCNC1)c1nnn(-c2cccc(F)c2)c1C(F)(F)F. The van der Waals surface area contributed by atoms with E-state index in [1.165, 1.54) is 12.1 Å². The quantitative estimate of drug-likeness (QED) is 0.824. The van der Waals surface area contributed by atoms with Gasteiger partial charge in [0, 0.05) is 12.6 Å². The molecule has 1 amide bonds. The fraction of sp³-hybridized carbons (Fsp3) is 0.400. The number of benzene rings is 1. The van der Waals surface area contributed by atoms with Crippen LogP contribution in [0.1, 0.15) is 29.0 Å². The Morgan fingerprint density at radius 3 is 2.80 bits per heavy atom. The second kappa shape index (κ2) is 6.79. The Hall–Kier alpha value is -2.49. The molecule has 1 saturated heterocycles. The molecule has 0 spiro atoms. The van der Waals surface area contributed by atoms with Gasteiger partial charge >= 0.3 is 6.18 Å². The van der Waals surface area contributed by atoms with Crippen LogP contribution in [0, 0.1) is 5.82 Å². The summed E-state index contributed by atoms with van der Waals surface area (Å²) in [6.45, 7) is 1.28. The van der Waals surface area contributed by atoms with Gasteiger partial charge in [-0.3, -0.25) is 4.79 Å². The number of aromatic nitrogens is 3. The molecule has 0 bridgehead atoms. The van der Waals surface area contributed by atoms with Crippen molar-refractivity contribution in [1.29, 1.82) is 0 Å². The molecule has 3 rings (SSSR count). The van der Waals surface area contributed by atoms with Crippen LogP contribution in [-0.4, -0.2) is 40.0 Å². The number of hydrogen-bond acceptors (Lipinski definition) is 4. The normalized spacial score (nSPS) is 18.2. The maximum Gasteiger partial charge on any atom is 0.435 e. The van der Waals surface area contributed by atoms with Crippen LogP contribution in [0.3, 0.4) is 0 Å². The smallest absolute Gasteiger partial charge is 0.347 e. The highest BCUT2D eigenvalue weighted by Crippen LogP contribution is 2.32. The van der Waals surface area contributed by atoms with Crippen LogP contribution >= 0.6 is 0 Å². The van der Waals surface area contributed by atoms with E-state index in [1.807, 2.05) is 0 Å². The molecule has 0 saturated carbocycles. The van der Waals surface area contributed by atoms with Gasteiger partial charge in [-0.1, -0.05) is 11.3 Å². The van der Waals surface area contributed by atoms with E-state index in [9.17, 15) is 22.4 Å². The van der Waals surface area contributed by atoms with Crippen LogP contribution in [0.4, 0.5) is 17.6 Å². The molecular weight excluding hydrogens is 342 g/mol. The Morgan fingerprint density at radius 1 is 1.36 bits per heavy atom. The molecule has 1 atom stereocenters. The lowest BCUT2D eigenvalue weighted by atomic mass is 10.1. The van der Waals surface area contributed by atoms with E-state index < -0.39 is 29.3 Å². The minimum atomic E-state index is -4.88. The van der Waals surface area contributed by atoms with Gasteiger partial charge < -0.3 is 10.6 Å². The zero-order valence-corrected chi connectivity index (χ0v) is 13.0. The second-order valence-electron chi connectivity index (χ2n) is 5.69. The second-order valence-corrected chi connectivity index (χ2v) is 5.69. The average Bonchev–Trinajstić information content (AvgIpc) is 3.01. The predicted molar refractivity (Wildman–Crippen MR) is 79.7 cm³/mol. The minimum absolute atomic E-state index is 0.168. The van der Waals surface area contributed by atoms with Gasteiger partial charge in [-0.2, -0.15) is 13.2 Å². The van der Waals surface area contributed by atoms with Crippen molar-refractivity contribution in [3.63, 3.8) is 0 Å². The van der Waals surface area contributed by atoms with Crippen LogP contribution in [0.5, 0.6) is 0 Å². The molecule has 1 aromatic heterocycles. The summed E-state index contributed by atoms with van der Waals surface area (Å²) in [6, 6.07) is 4.20. The van der Waals surface area contributed by atoms with Gasteiger partial charge in [0.25, 0.3) is 5.91 Å². The van der Waals surface area contributed by atoms with E-state index >= 15 is 0 Å². The van der Waals surface area contributed by atoms with E-state index in [0.29, 0.717) is 17.6 Å². The van der Waals surface area contributed by atoms with Crippen LogP contribution in [-0.2, 0) is 6.18 Å². The first-order valence-electron chi connectivity index (χ1n) is 7.66. The molecule has 1 aromatic carbocycles. The monoisotopic (exact) mass is 357 g/mol. The van der Waals surface area contributed by atoms with Crippen LogP contribution in [0.2, 0.25) is 0 Å². The minimum Gasteiger partial charge on any atom is -0.347 e. The number of alkyl halides is 3. The molecule has 6 nitrogen and oxygen atoms in total. The number of carbonyl (C=O) groups is 1. The van der Waals surface area contributed by atoms with Crippen LogP contribution in [0.25, 0.3) is 5.69 Å². The summed E-state index contributed by atoms with van der Waals surface area (Å²) in [6.07, 6.45) is -3.40. The van der Waals surface area contributed by atoms with Gasteiger partial charge in [0.05, 0.1) is 5.69 Å². The maximum atomic E-state index is 13.5. The third-order valence-electron chi connectivity index (χ3n) is 3.84. The fourth-order valence-corrected chi connectivity index (χ4v) is 2.71. The van der Waals surface area contributed by atoms with Crippen molar-refractivity contribution < 1.29 is 22.4 Å². The molecule has 2 N–H and O–H groups in total. The number of halogens is 4. The zero-order valence-electron chi connectivity index (χ0n) is 13.0. The molecule has 0 unspecified atom stereocenters. The average molecular weight is 357 g/mol. The first kappa shape index (κ1) is 17.3. The molecule has 25 heavy (non-hydrogen) atoms. The highest BCUT2D eigenvalue weighted by molar-refractivity contribution is 5.93. The number of hydrogen-bond donors (Lipinski definition) is 2. The molecule has 1 aliphatic rings. The third-order valence-corrected chi connectivity index (χ3v) is 3.84. The Morgan fingerprint density at radius 2 is 2.16 bits per heavy atom. The van der Waals surface area contributed by atoms with Crippen molar-refractivity contribution in [3.8, 4) is 5.69 Å². The fourth-order valence-electron chi connectivity index (χ4n) is 2.71. The van der Waals surface area contributed by atoms with Crippen molar-refractivity contribution in [1.82, 2.24) is 25.6 Å². The van der Waals surface area contributed by atoms with Crippen molar-refractivity contribution in [2.45, 2.75) is 25.1 Å². The predicted octanol–water partition coefficient (Wildman–Crippen LogP) is 1.91. The van der Waals surface area contributed by atoms with Gasteiger partial charge in [-0.05, 0) is 37.6 Å².